The molecule has 164 valence electrons. The number of rotatable bonds is 17. The number of para-hydroxylation sites is 1. The van der Waals surface area contributed by atoms with Crippen LogP contribution < -0.4 is 4.90 Å². The second-order valence-corrected chi connectivity index (χ2v) is 8.79. The molecule has 0 fully saturated rings. The minimum atomic E-state index is 0.508. The van der Waals surface area contributed by atoms with Crippen molar-refractivity contribution >= 4 is 5.69 Å². The first-order valence-electron chi connectivity index (χ1n) is 12.6. The Bertz CT molecular complexity index is 525. The first kappa shape index (κ1) is 23.8. The van der Waals surface area contributed by atoms with Crippen LogP contribution in [0.1, 0.15) is 110 Å². The van der Waals surface area contributed by atoms with Crippen LogP contribution in [0, 0.1) is 0 Å². The summed E-state index contributed by atoms with van der Waals surface area (Å²) in [7, 11) is 0. The van der Waals surface area contributed by atoms with Gasteiger partial charge in [-0.15, -0.1) is 0 Å². The van der Waals surface area contributed by atoms with Gasteiger partial charge in [-0.3, -0.25) is 0 Å². The zero-order chi connectivity index (χ0) is 20.6. The molecule has 0 saturated heterocycles. The standard InChI is InChI=1S/C27H46N2/c1-3-5-7-9-11-12-14-19-23-28-24-25-29(26-20-16-15-17-21-26)27(28)22-18-13-10-8-6-4-2/h15-17,20-21,24-25,27H,3-14,18-19,22-23H2,1-2H3. The topological polar surface area (TPSA) is 6.48 Å². The number of unbranched alkanes of at least 4 members (excludes halogenated alkanes) is 12. The lowest BCUT2D eigenvalue weighted by Gasteiger charge is -2.33. The van der Waals surface area contributed by atoms with Gasteiger partial charge in [0.25, 0.3) is 0 Å². The molecule has 0 bridgehead atoms. The Morgan fingerprint density at radius 1 is 0.621 bits per heavy atom. The molecule has 0 amide bonds. The van der Waals surface area contributed by atoms with Crippen LogP contribution in [0.25, 0.3) is 0 Å². The molecule has 1 aliphatic heterocycles. The van der Waals surface area contributed by atoms with E-state index in [1.165, 1.54) is 109 Å². The molecule has 0 saturated carbocycles. The summed E-state index contributed by atoms with van der Waals surface area (Å²) in [4.78, 5) is 5.10. The molecule has 1 aromatic rings. The Hall–Kier alpha value is -1.44. The van der Waals surface area contributed by atoms with E-state index in [-0.39, 0.29) is 0 Å². The summed E-state index contributed by atoms with van der Waals surface area (Å²) in [6.45, 7) is 5.80. The van der Waals surface area contributed by atoms with Crippen LogP contribution in [-0.2, 0) is 0 Å². The monoisotopic (exact) mass is 398 g/mol. The number of hydrogen-bond acceptors (Lipinski definition) is 2. The van der Waals surface area contributed by atoms with Crippen LogP contribution in [-0.4, -0.2) is 17.6 Å². The average Bonchev–Trinajstić information content (AvgIpc) is 3.16. The average molecular weight is 399 g/mol. The van der Waals surface area contributed by atoms with E-state index in [9.17, 15) is 0 Å². The quantitative estimate of drug-likeness (QED) is 0.243. The van der Waals surface area contributed by atoms with Gasteiger partial charge in [-0.25, -0.2) is 0 Å². The summed E-state index contributed by atoms with van der Waals surface area (Å²) < 4.78 is 0. The van der Waals surface area contributed by atoms with Crippen LogP contribution in [0.5, 0.6) is 0 Å². The van der Waals surface area contributed by atoms with Crippen LogP contribution in [0.2, 0.25) is 0 Å². The maximum absolute atomic E-state index is 2.61. The summed E-state index contributed by atoms with van der Waals surface area (Å²) in [5, 5.41) is 0. The predicted octanol–water partition coefficient (Wildman–Crippen LogP) is 8.50. The van der Waals surface area contributed by atoms with E-state index in [2.05, 4.69) is 66.4 Å². The Labute approximate surface area is 181 Å². The van der Waals surface area contributed by atoms with Crippen LogP contribution in [0.3, 0.4) is 0 Å². The molecule has 1 atom stereocenters. The van der Waals surface area contributed by atoms with E-state index >= 15 is 0 Å². The van der Waals surface area contributed by atoms with E-state index in [1.54, 1.807) is 0 Å². The highest BCUT2D eigenvalue weighted by Crippen LogP contribution is 2.28. The van der Waals surface area contributed by atoms with E-state index in [0.717, 1.165) is 0 Å². The molecule has 1 heterocycles. The van der Waals surface area contributed by atoms with Gasteiger partial charge in [0.05, 0.1) is 0 Å². The van der Waals surface area contributed by atoms with Crippen molar-refractivity contribution in [2.24, 2.45) is 0 Å². The van der Waals surface area contributed by atoms with Gasteiger partial charge in [-0.05, 0) is 31.4 Å². The Kier molecular flexibility index (Phi) is 12.7. The Morgan fingerprint density at radius 3 is 1.79 bits per heavy atom. The molecule has 2 nitrogen and oxygen atoms in total. The highest BCUT2D eigenvalue weighted by Gasteiger charge is 2.26. The summed E-state index contributed by atoms with van der Waals surface area (Å²) in [5.41, 5.74) is 1.33. The summed E-state index contributed by atoms with van der Waals surface area (Å²) in [6, 6.07) is 10.9. The molecular formula is C27H46N2. The normalized spacial score (nSPS) is 16.1. The van der Waals surface area contributed by atoms with Gasteiger partial charge >= 0.3 is 0 Å². The molecule has 0 aliphatic carbocycles. The zero-order valence-electron chi connectivity index (χ0n) is 19.3. The predicted molar refractivity (Wildman–Crippen MR) is 129 cm³/mol. The second kappa shape index (κ2) is 15.4. The maximum atomic E-state index is 2.61. The van der Waals surface area contributed by atoms with Crippen molar-refractivity contribution in [3.05, 3.63) is 42.7 Å². The Balaban J connectivity index is 1.75. The van der Waals surface area contributed by atoms with Gasteiger partial charge < -0.3 is 9.80 Å². The van der Waals surface area contributed by atoms with Gasteiger partial charge in [0, 0.05) is 24.6 Å². The number of benzene rings is 1. The number of anilines is 1. The second-order valence-electron chi connectivity index (χ2n) is 8.79. The van der Waals surface area contributed by atoms with E-state index in [1.807, 2.05) is 0 Å². The van der Waals surface area contributed by atoms with Crippen molar-refractivity contribution in [1.29, 1.82) is 0 Å². The molecular weight excluding hydrogens is 352 g/mol. The number of nitrogens with zero attached hydrogens (tertiary/aromatic N) is 2. The lowest BCUT2D eigenvalue weighted by Crippen LogP contribution is -2.39. The first-order valence-corrected chi connectivity index (χ1v) is 12.6. The van der Waals surface area contributed by atoms with Gasteiger partial charge in [0.15, 0.2) is 0 Å². The van der Waals surface area contributed by atoms with Crippen molar-refractivity contribution in [3.8, 4) is 0 Å². The van der Waals surface area contributed by atoms with Crippen LogP contribution in [0.4, 0.5) is 5.69 Å². The van der Waals surface area contributed by atoms with E-state index in [0.29, 0.717) is 6.17 Å². The van der Waals surface area contributed by atoms with Crippen molar-refractivity contribution in [3.63, 3.8) is 0 Å². The minimum Gasteiger partial charge on any atom is -0.356 e. The molecule has 1 unspecified atom stereocenters. The van der Waals surface area contributed by atoms with Crippen molar-refractivity contribution in [2.75, 3.05) is 11.4 Å². The van der Waals surface area contributed by atoms with Crippen LogP contribution in [0.15, 0.2) is 42.7 Å². The zero-order valence-corrected chi connectivity index (χ0v) is 19.3. The van der Waals surface area contributed by atoms with Crippen LogP contribution >= 0.6 is 0 Å². The van der Waals surface area contributed by atoms with Crippen molar-refractivity contribution in [2.45, 2.75) is 116 Å². The third-order valence-corrected chi connectivity index (χ3v) is 6.26. The third kappa shape index (κ3) is 9.28. The highest BCUT2D eigenvalue weighted by atomic mass is 15.4. The summed E-state index contributed by atoms with van der Waals surface area (Å²) in [6.07, 6.45) is 25.8. The van der Waals surface area contributed by atoms with Gasteiger partial charge in [-0.1, -0.05) is 109 Å². The first-order chi connectivity index (χ1) is 14.4. The summed E-state index contributed by atoms with van der Waals surface area (Å²) in [5.74, 6) is 0. The SMILES string of the molecule is CCCCCCCCCCN1C=CN(c2ccccc2)C1CCCCCCCC. The molecule has 2 rings (SSSR count). The molecule has 2 heteroatoms. The molecule has 0 N–H and O–H groups in total. The fraction of sp³-hybridized carbons (Fsp3) is 0.704. The van der Waals surface area contributed by atoms with E-state index in [4.69, 9.17) is 0 Å². The largest absolute Gasteiger partial charge is 0.356 e. The van der Waals surface area contributed by atoms with Gasteiger partial charge in [0.2, 0.25) is 0 Å². The number of hydrogen-bond donors (Lipinski definition) is 0. The molecule has 1 aliphatic rings. The highest BCUT2D eigenvalue weighted by molar-refractivity contribution is 5.51. The van der Waals surface area contributed by atoms with Crippen molar-refractivity contribution < 1.29 is 0 Å². The molecule has 0 spiro atoms. The minimum absolute atomic E-state index is 0.508. The lowest BCUT2D eigenvalue weighted by molar-refractivity contribution is 0.273. The maximum Gasteiger partial charge on any atom is 0.105 e. The molecule has 0 aromatic heterocycles. The van der Waals surface area contributed by atoms with Crippen molar-refractivity contribution in [1.82, 2.24) is 4.90 Å². The molecule has 29 heavy (non-hydrogen) atoms. The molecule has 0 radical (unpaired) electrons. The lowest BCUT2D eigenvalue weighted by atomic mass is 10.1. The Morgan fingerprint density at radius 2 is 1.17 bits per heavy atom. The fourth-order valence-electron chi connectivity index (χ4n) is 4.44. The van der Waals surface area contributed by atoms with E-state index < -0.39 is 0 Å². The van der Waals surface area contributed by atoms with Gasteiger partial charge in [-0.2, -0.15) is 0 Å². The van der Waals surface area contributed by atoms with Gasteiger partial charge in [0.1, 0.15) is 6.17 Å². The third-order valence-electron chi connectivity index (χ3n) is 6.26. The summed E-state index contributed by atoms with van der Waals surface area (Å²) >= 11 is 0. The smallest absolute Gasteiger partial charge is 0.105 e. The fourth-order valence-corrected chi connectivity index (χ4v) is 4.44. The molecule has 1 aromatic carbocycles.